The van der Waals surface area contributed by atoms with Crippen molar-refractivity contribution in [3.8, 4) is 0 Å². The number of fused-ring (bicyclic) bond motifs is 1. The first-order chi connectivity index (χ1) is 5.88. The Morgan fingerprint density at radius 3 is 3.08 bits per heavy atom. The summed E-state index contributed by atoms with van der Waals surface area (Å²) in [6.07, 6.45) is 0.839. The third kappa shape index (κ3) is 1.50. The highest BCUT2D eigenvalue weighted by molar-refractivity contribution is 7.99. The number of aliphatic hydroxyl groups excluding tert-OH is 1. The number of benzene rings is 1. The van der Waals surface area contributed by atoms with Crippen LogP contribution in [0.15, 0.2) is 24.3 Å². The fraction of sp³-hybridized carbons (Fsp3) is 0.400. The molecular formula is C10H12OS. The number of rotatable bonds is 0. The smallest absolute Gasteiger partial charge is 0.0883 e. The predicted octanol–water partition coefficient (Wildman–Crippen LogP) is 2.01. The van der Waals surface area contributed by atoms with Crippen molar-refractivity contribution in [1.82, 2.24) is 0 Å². The Morgan fingerprint density at radius 2 is 2.17 bits per heavy atom. The fourth-order valence-corrected chi connectivity index (χ4v) is 2.49. The molecule has 1 aromatic carbocycles. The molecule has 64 valence electrons. The Morgan fingerprint density at radius 1 is 1.33 bits per heavy atom. The first-order valence-electron chi connectivity index (χ1n) is 4.21. The van der Waals surface area contributed by atoms with Crippen LogP contribution in [0, 0.1) is 0 Å². The molecule has 0 saturated heterocycles. The molecule has 0 bridgehead atoms. The molecule has 12 heavy (non-hydrogen) atoms. The van der Waals surface area contributed by atoms with Gasteiger partial charge in [0.15, 0.2) is 0 Å². The zero-order chi connectivity index (χ0) is 8.39. The zero-order valence-corrected chi connectivity index (χ0v) is 7.68. The molecule has 1 nitrogen and oxygen atoms in total. The highest BCUT2D eigenvalue weighted by Crippen LogP contribution is 2.26. The first-order valence-corrected chi connectivity index (χ1v) is 5.37. The molecule has 0 spiro atoms. The molecule has 1 aliphatic heterocycles. The van der Waals surface area contributed by atoms with E-state index in [9.17, 15) is 5.11 Å². The van der Waals surface area contributed by atoms with Crippen molar-refractivity contribution in [1.29, 1.82) is 0 Å². The summed E-state index contributed by atoms with van der Waals surface area (Å²) in [6, 6.07) is 8.19. The molecule has 1 aromatic rings. The summed E-state index contributed by atoms with van der Waals surface area (Å²) in [5.74, 6) is 1.98. The van der Waals surface area contributed by atoms with E-state index in [2.05, 4.69) is 6.07 Å². The minimum absolute atomic E-state index is 0.256. The van der Waals surface area contributed by atoms with Gasteiger partial charge >= 0.3 is 0 Å². The second-order valence-corrected chi connectivity index (χ2v) is 4.19. The van der Waals surface area contributed by atoms with E-state index < -0.39 is 0 Å². The number of hydrogen-bond acceptors (Lipinski definition) is 2. The van der Waals surface area contributed by atoms with E-state index in [0.717, 1.165) is 23.5 Å². The van der Waals surface area contributed by atoms with Gasteiger partial charge in [-0.1, -0.05) is 24.3 Å². The van der Waals surface area contributed by atoms with Crippen LogP contribution in [0.5, 0.6) is 0 Å². The molecule has 0 aliphatic carbocycles. The van der Waals surface area contributed by atoms with Gasteiger partial charge in [0.05, 0.1) is 6.10 Å². The second kappa shape index (κ2) is 3.50. The third-order valence-electron chi connectivity index (χ3n) is 2.21. The van der Waals surface area contributed by atoms with Crippen molar-refractivity contribution < 1.29 is 5.11 Å². The molecule has 1 unspecified atom stereocenters. The van der Waals surface area contributed by atoms with E-state index in [-0.39, 0.29) is 6.10 Å². The minimum Gasteiger partial charge on any atom is -0.388 e. The fourth-order valence-electron chi connectivity index (χ4n) is 1.55. The van der Waals surface area contributed by atoms with Gasteiger partial charge in [-0.3, -0.25) is 0 Å². The topological polar surface area (TPSA) is 20.2 Å². The van der Waals surface area contributed by atoms with Gasteiger partial charge < -0.3 is 5.11 Å². The van der Waals surface area contributed by atoms with E-state index >= 15 is 0 Å². The number of thioether (sulfide) groups is 1. The first kappa shape index (κ1) is 8.14. The molecule has 2 rings (SSSR count). The average Bonchev–Trinajstić information content (AvgIpc) is 2.29. The minimum atomic E-state index is -0.256. The third-order valence-corrected chi connectivity index (χ3v) is 3.25. The van der Waals surface area contributed by atoms with Crippen molar-refractivity contribution in [3.63, 3.8) is 0 Å². The summed E-state index contributed by atoms with van der Waals surface area (Å²) in [4.78, 5) is 0. The largest absolute Gasteiger partial charge is 0.388 e. The normalized spacial score (nSPS) is 22.9. The summed E-state index contributed by atoms with van der Waals surface area (Å²) in [5, 5.41) is 9.72. The van der Waals surface area contributed by atoms with Crippen LogP contribution in [0.25, 0.3) is 0 Å². The van der Waals surface area contributed by atoms with Crippen molar-refractivity contribution >= 4 is 11.8 Å². The molecule has 1 aliphatic rings. The summed E-state index contributed by atoms with van der Waals surface area (Å²) < 4.78 is 0. The van der Waals surface area contributed by atoms with E-state index in [4.69, 9.17) is 0 Å². The maximum absolute atomic E-state index is 9.72. The Bertz CT molecular complexity index is 272. The van der Waals surface area contributed by atoms with Crippen LogP contribution >= 0.6 is 11.8 Å². The van der Waals surface area contributed by atoms with Crippen LogP contribution in [-0.4, -0.2) is 16.6 Å². The van der Waals surface area contributed by atoms with Gasteiger partial charge in [-0.15, -0.1) is 0 Å². The molecular weight excluding hydrogens is 168 g/mol. The Kier molecular flexibility index (Phi) is 2.38. The van der Waals surface area contributed by atoms with Crippen LogP contribution in [0.1, 0.15) is 17.2 Å². The average molecular weight is 180 g/mol. The van der Waals surface area contributed by atoms with Crippen molar-refractivity contribution in [2.24, 2.45) is 0 Å². The van der Waals surface area contributed by atoms with Crippen LogP contribution in [-0.2, 0) is 6.42 Å². The molecule has 0 amide bonds. The van der Waals surface area contributed by atoms with Gasteiger partial charge in [0, 0.05) is 5.75 Å². The molecule has 0 radical (unpaired) electrons. The van der Waals surface area contributed by atoms with E-state index in [0.29, 0.717) is 0 Å². The molecule has 1 atom stereocenters. The van der Waals surface area contributed by atoms with Gasteiger partial charge in [0.2, 0.25) is 0 Å². The van der Waals surface area contributed by atoms with Crippen LogP contribution in [0.3, 0.4) is 0 Å². The summed E-state index contributed by atoms with van der Waals surface area (Å²) in [5.41, 5.74) is 2.44. The zero-order valence-electron chi connectivity index (χ0n) is 6.86. The number of aliphatic hydroxyl groups is 1. The Labute approximate surface area is 76.8 Å². The molecule has 1 N–H and O–H groups in total. The lowest BCUT2D eigenvalue weighted by Crippen LogP contribution is -2.00. The maximum atomic E-state index is 9.72. The molecule has 0 aromatic heterocycles. The molecule has 1 heterocycles. The quantitative estimate of drug-likeness (QED) is 0.659. The lowest BCUT2D eigenvalue weighted by molar-refractivity contribution is 0.204. The van der Waals surface area contributed by atoms with E-state index in [1.165, 1.54) is 5.56 Å². The highest BCUT2D eigenvalue weighted by atomic mass is 32.2. The summed E-state index contributed by atoms with van der Waals surface area (Å²) in [6.45, 7) is 0. The highest BCUT2D eigenvalue weighted by Gasteiger charge is 2.14. The Hall–Kier alpha value is -0.470. The Balaban J connectivity index is 2.39. The maximum Gasteiger partial charge on any atom is 0.0883 e. The van der Waals surface area contributed by atoms with E-state index in [1.54, 1.807) is 0 Å². The second-order valence-electron chi connectivity index (χ2n) is 3.04. The molecule has 2 heteroatoms. The van der Waals surface area contributed by atoms with Crippen molar-refractivity contribution in [2.45, 2.75) is 12.5 Å². The molecule has 0 fully saturated rings. The number of aryl methyl sites for hydroxylation is 1. The van der Waals surface area contributed by atoms with Crippen LogP contribution in [0.2, 0.25) is 0 Å². The van der Waals surface area contributed by atoms with Crippen molar-refractivity contribution in [2.75, 3.05) is 11.5 Å². The van der Waals surface area contributed by atoms with Crippen LogP contribution < -0.4 is 0 Å². The monoisotopic (exact) mass is 180 g/mol. The van der Waals surface area contributed by atoms with E-state index in [1.807, 2.05) is 30.0 Å². The van der Waals surface area contributed by atoms with Gasteiger partial charge in [0.25, 0.3) is 0 Å². The summed E-state index contributed by atoms with van der Waals surface area (Å²) >= 11 is 1.83. The van der Waals surface area contributed by atoms with Crippen LogP contribution in [0.4, 0.5) is 0 Å². The van der Waals surface area contributed by atoms with Crippen molar-refractivity contribution in [3.05, 3.63) is 35.4 Å². The van der Waals surface area contributed by atoms with Gasteiger partial charge in [-0.05, 0) is 23.3 Å². The predicted molar refractivity (Wildman–Crippen MR) is 52.4 cm³/mol. The molecule has 0 saturated carbocycles. The van der Waals surface area contributed by atoms with Gasteiger partial charge in [-0.2, -0.15) is 11.8 Å². The van der Waals surface area contributed by atoms with Gasteiger partial charge in [0.1, 0.15) is 0 Å². The summed E-state index contributed by atoms with van der Waals surface area (Å²) in [7, 11) is 0. The lowest BCUT2D eigenvalue weighted by Gasteiger charge is -2.09. The standard InChI is InChI=1S/C10H12OS/c11-10-7-12-6-5-8-3-1-2-4-9(8)10/h1-4,10-11H,5-7H2. The lowest BCUT2D eigenvalue weighted by atomic mass is 10.0. The van der Waals surface area contributed by atoms with Gasteiger partial charge in [-0.25, -0.2) is 0 Å². The number of hydrogen-bond donors (Lipinski definition) is 1. The SMILES string of the molecule is OC1CSCCc2ccccc21.